The highest BCUT2D eigenvalue weighted by Crippen LogP contribution is 2.21. The van der Waals surface area contributed by atoms with Gasteiger partial charge in [0.15, 0.2) is 5.11 Å². The smallest absolute Gasteiger partial charge is 0.338 e. The van der Waals surface area contributed by atoms with E-state index < -0.39 is 0 Å². The predicted octanol–water partition coefficient (Wildman–Crippen LogP) is 4.62. The molecule has 27 heavy (non-hydrogen) atoms. The van der Waals surface area contributed by atoms with E-state index in [-0.39, 0.29) is 12.0 Å². The number of benzene rings is 2. The summed E-state index contributed by atoms with van der Waals surface area (Å²) in [6.45, 7) is 6.17. The van der Waals surface area contributed by atoms with E-state index in [0.29, 0.717) is 17.3 Å². The summed E-state index contributed by atoms with van der Waals surface area (Å²) in [5.74, 6) is 0.505. The van der Waals surface area contributed by atoms with E-state index in [9.17, 15) is 4.79 Å². The van der Waals surface area contributed by atoms with Crippen molar-refractivity contribution >= 4 is 29.0 Å². The number of thiocarbonyl (C=S) groups is 1. The third kappa shape index (κ3) is 5.69. The minimum Gasteiger partial charge on any atom is -0.497 e. The Bertz CT molecular complexity index is 791. The zero-order chi connectivity index (χ0) is 19.8. The number of hydrogen-bond acceptors (Lipinski definition) is 4. The van der Waals surface area contributed by atoms with Crippen molar-refractivity contribution in [2.75, 3.05) is 19.0 Å². The van der Waals surface area contributed by atoms with Gasteiger partial charge in [-0.25, -0.2) is 4.79 Å². The number of anilines is 1. The molecule has 0 heterocycles. The van der Waals surface area contributed by atoms with Gasteiger partial charge in [-0.3, -0.25) is 0 Å². The van der Waals surface area contributed by atoms with E-state index in [4.69, 9.17) is 21.7 Å². The summed E-state index contributed by atoms with van der Waals surface area (Å²) < 4.78 is 10.2. The molecule has 0 bridgehead atoms. The van der Waals surface area contributed by atoms with Crippen molar-refractivity contribution in [3.63, 3.8) is 0 Å². The van der Waals surface area contributed by atoms with Crippen molar-refractivity contribution in [3.05, 3.63) is 59.2 Å². The normalized spacial score (nSPS) is 11.4. The fraction of sp³-hybridized carbons (Fsp3) is 0.333. The van der Waals surface area contributed by atoms with Gasteiger partial charge in [0.1, 0.15) is 5.75 Å². The van der Waals surface area contributed by atoms with Crippen LogP contribution in [0.4, 0.5) is 5.69 Å². The van der Waals surface area contributed by atoms with Gasteiger partial charge in [0.25, 0.3) is 0 Å². The van der Waals surface area contributed by atoms with Gasteiger partial charge in [0, 0.05) is 5.69 Å². The summed E-state index contributed by atoms with van der Waals surface area (Å²) in [5, 5.41) is 7.08. The fourth-order valence-electron chi connectivity index (χ4n) is 2.72. The molecule has 144 valence electrons. The maximum atomic E-state index is 11.8. The van der Waals surface area contributed by atoms with Crippen LogP contribution in [0.15, 0.2) is 42.5 Å². The number of rotatable bonds is 7. The van der Waals surface area contributed by atoms with Gasteiger partial charge in [-0.05, 0) is 73.9 Å². The van der Waals surface area contributed by atoms with Crippen molar-refractivity contribution in [2.24, 2.45) is 0 Å². The van der Waals surface area contributed by atoms with Crippen LogP contribution < -0.4 is 15.4 Å². The molecule has 0 aliphatic carbocycles. The number of carbonyl (C=O) groups is 1. The molecule has 0 amide bonds. The van der Waals surface area contributed by atoms with Gasteiger partial charge in [0.05, 0.1) is 25.3 Å². The van der Waals surface area contributed by atoms with Gasteiger partial charge in [-0.1, -0.05) is 19.1 Å². The quantitative estimate of drug-likeness (QED) is 0.535. The van der Waals surface area contributed by atoms with E-state index in [1.807, 2.05) is 37.3 Å². The average molecular weight is 387 g/mol. The maximum absolute atomic E-state index is 11.8. The molecule has 1 atom stereocenters. The van der Waals surface area contributed by atoms with Crippen molar-refractivity contribution in [1.82, 2.24) is 5.32 Å². The van der Waals surface area contributed by atoms with Gasteiger partial charge < -0.3 is 20.1 Å². The van der Waals surface area contributed by atoms with E-state index in [1.54, 1.807) is 26.2 Å². The molecule has 5 nitrogen and oxygen atoms in total. The highest BCUT2D eigenvalue weighted by Gasteiger charge is 2.13. The average Bonchev–Trinajstić information content (AvgIpc) is 2.68. The van der Waals surface area contributed by atoms with Crippen LogP contribution >= 0.6 is 12.2 Å². The lowest BCUT2D eigenvalue weighted by molar-refractivity contribution is 0.0526. The Hall–Kier alpha value is -2.60. The lowest BCUT2D eigenvalue weighted by atomic mass is 10.0. The molecule has 2 N–H and O–H groups in total. The van der Waals surface area contributed by atoms with Crippen LogP contribution in [0, 0.1) is 6.92 Å². The van der Waals surface area contributed by atoms with Crippen LogP contribution in [0.1, 0.15) is 47.8 Å². The van der Waals surface area contributed by atoms with Crippen LogP contribution in [0.25, 0.3) is 0 Å². The molecule has 2 aromatic carbocycles. The Balaban J connectivity index is 2.04. The molecular weight excluding hydrogens is 360 g/mol. The van der Waals surface area contributed by atoms with Gasteiger partial charge in [-0.2, -0.15) is 0 Å². The first-order valence-corrected chi connectivity index (χ1v) is 9.38. The second-order valence-corrected chi connectivity index (χ2v) is 6.49. The third-order valence-corrected chi connectivity index (χ3v) is 4.44. The molecular formula is C21H26N2O3S. The van der Waals surface area contributed by atoms with Crippen molar-refractivity contribution < 1.29 is 14.3 Å². The molecule has 0 unspecified atom stereocenters. The molecule has 0 aromatic heterocycles. The Labute approximate surface area is 166 Å². The molecule has 0 aliphatic rings. The molecule has 0 saturated heterocycles. The molecule has 2 rings (SSSR count). The largest absolute Gasteiger partial charge is 0.497 e. The first-order chi connectivity index (χ1) is 13.0. The molecule has 0 radical (unpaired) electrons. The Morgan fingerprint density at radius 1 is 1.15 bits per heavy atom. The summed E-state index contributed by atoms with van der Waals surface area (Å²) in [6.07, 6.45) is 0.884. The Morgan fingerprint density at radius 2 is 1.85 bits per heavy atom. The number of nitrogens with one attached hydrogen (secondary N) is 2. The maximum Gasteiger partial charge on any atom is 0.338 e. The number of carbonyl (C=O) groups excluding carboxylic acids is 1. The standard InChI is InChI=1S/C21H26N2O3S/c1-5-18(15-7-10-17(25-4)11-8-15)22-21(27)23-19-12-9-16(13-14(19)3)20(24)26-6-2/h7-13,18H,5-6H2,1-4H3,(H2,22,23,27)/t18-/m0/s1. The second-order valence-electron chi connectivity index (χ2n) is 6.08. The summed E-state index contributed by atoms with van der Waals surface area (Å²) in [4.78, 5) is 11.8. The number of hydrogen-bond donors (Lipinski definition) is 2. The minimum absolute atomic E-state index is 0.0926. The molecule has 2 aromatic rings. The van der Waals surface area contributed by atoms with Gasteiger partial charge in [0.2, 0.25) is 0 Å². The van der Waals surface area contributed by atoms with E-state index >= 15 is 0 Å². The van der Waals surface area contributed by atoms with Crippen LogP contribution in [-0.2, 0) is 4.74 Å². The first kappa shape index (κ1) is 20.7. The summed E-state index contributed by atoms with van der Waals surface area (Å²) in [6, 6.07) is 13.4. The Kier molecular flexibility index (Phi) is 7.61. The van der Waals surface area contributed by atoms with Crippen molar-refractivity contribution in [3.8, 4) is 5.75 Å². The summed E-state index contributed by atoms with van der Waals surface area (Å²) >= 11 is 5.47. The minimum atomic E-state index is -0.321. The number of ether oxygens (including phenoxy) is 2. The third-order valence-electron chi connectivity index (χ3n) is 4.22. The fourth-order valence-corrected chi connectivity index (χ4v) is 2.97. The highest BCUT2D eigenvalue weighted by molar-refractivity contribution is 7.80. The Morgan fingerprint density at radius 3 is 2.41 bits per heavy atom. The van der Waals surface area contributed by atoms with Crippen molar-refractivity contribution in [1.29, 1.82) is 0 Å². The zero-order valence-corrected chi connectivity index (χ0v) is 17.0. The predicted molar refractivity (Wildman–Crippen MR) is 113 cm³/mol. The van der Waals surface area contributed by atoms with E-state index in [2.05, 4.69) is 17.6 Å². The van der Waals surface area contributed by atoms with Crippen molar-refractivity contribution in [2.45, 2.75) is 33.2 Å². The topological polar surface area (TPSA) is 59.6 Å². The number of methoxy groups -OCH3 is 1. The monoisotopic (exact) mass is 386 g/mol. The molecule has 0 fully saturated rings. The zero-order valence-electron chi connectivity index (χ0n) is 16.2. The molecule has 0 spiro atoms. The highest BCUT2D eigenvalue weighted by atomic mass is 32.1. The number of esters is 1. The lowest BCUT2D eigenvalue weighted by Crippen LogP contribution is -2.32. The molecule has 0 saturated carbocycles. The van der Waals surface area contributed by atoms with E-state index in [0.717, 1.165) is 29.0 Å². The summed E-state index contributed by atoms with van der Waals surface area (Å²) in [5.41, 5.74) is 3.44. The number of aryl methyl sites for hydroxylation is 1. The molecule has 6 heteroatoms. The van der Waals surface area contributed by atoms with Crippen LogP contribution in [0.2, 0.25) is 0 Å². The lowest BCUT2D eigenvalue weighted by Gasteiger charge is -2.21. The van der Waals surface area contributed by atoms with Gasteiger partial charge in [-0.15, -0.1) is 0 Å². The SMILES string of the molecule is CCOC(=O)c1ccc(NC(=S)N[C@@H](CC)c2ccc(OC)cc2)c(C)c1. The summed E-state index contributed by atoms with van der Waals surface area (Å²) in [7, 11) is 1.65. The van der Waals surface area contributed by atoms with E-state index in [1.165, 1.54) is 0 Å². The van der Waals surface area contributed by atoms with Crippen LogP contribution in [-0.4, -0.2) is 24.8 Å². The van der Waals surface area contributed by atoms with Crippen LogP contribution in [0.5, 0.6) is 5.75 Å². The first-order valence-electron chi connectivity index (χ1n) is 8.97. The molecule has 0 aliphatic heterocycles. The van der Waals surface area contributed by atoms with Gasteiger partial charge >= 0.3 is 5.97 Å². The second kappa shape index (κ2) is 9.92. The van der Waals surface area contributed by atoms with Crippen LogP contribution in [0.3, 0.4) is 0 Å².